The molecule has 2 saturated heterocycles. The lowest BCUT2D eigenvalue weighted by Crippen LogP contribution is -2.47. The van der Waals surface area contributed by atoms with Gasteiger partial charge in [-0.2, -0.15) is 0 Å². The molecule has 22 heavy (non-hydrogen) atoms. The van der Waals surface area contributed by atoms with E-state index in [-0.39, 0.29) is 24.0 Å². The lowest BCUT2D eigenvalue weighted by atomic mass is 9.96. The van der Waals surface area contributed by atoms with E-state index >= 15 is 0 Å². The summed E-state index contributed by atoms with van der Waals surface area (Å²) >= 11 is 5.89. The summed E-state index contributed by atoms with van der Waals surface area (Å²) in [6, 6.07) is 8.38. The van der Waals surface area contributed by atoms with Crippen LogP contribution in [-0.2, 0) is 11.2 Å². The Bertz CT molecular complexity index is 509. The van der Waals surface area contributed by atoms with Gasteiger partial charge in [-0.15, -0.1) is 24.0 Å². The molecule has 6 heteroatoms. The average Bonchev–Trinajstić information content (AvgIpc) is 3.11. The van der Waals surface area contributed by atoms with Crippen molar-refractivity contribution in [3.05, 3.63) is 34.9 Å². The van der Waals surface area contributed by atoms with Crippen molar-refractivity contribution in [1.82, 2.24) is 10.6 Å². The largest absolute Gasteiger partial charge is 0.373 e. The number of halogens is 2. The van der Waals surface area contributed by atoms with Crippen LogP contribution in [-0.4, -0.2) is 37.8 Å². The van der Waals surface area contributed by atoms with E-state index < -0.39 is 0 Å². The molecule has 3 rings (SSSR count). The normalized spacial score (nSPS) is 26.6. The van der Waals surface area contributed by atoms with Gasteiger partial charge in [0.15, 0.2) is 5.96 Å². The topological polar surface area (TPSA) is 45.7 Å². The molecule has 3 atom stereocenters. The molecule has 0 aromatic heterocycles. The van der Waals surface area contributed by atoms with Crippen molar-refractivity contribution >= 4 is 41.5 Å². The summed E-state index contributed by atoms with van der Waals surface area (Å²) in [4.78, 5) is 4.30. The zero-order chi connectivity index (χ0) is 14.7. The van der Waals surface area contributed by atoms with Gasteiger partial charge in [-0.3, -0.25) is 4.99 Å². The molecule has 0 saturated carbocycles. The van der Waals surface area contributed by atoms with Crippen LogP contribution < -0.4 is 10.6 Å². The van der Waals surface area contributed by atoms with Crippen LogP contribution >= 0.6 is 35.6 Å². The molecule has 2 aliphatic rings. The maximum Gasteiger partial charge on any atom is 0.191 e. The smallest absolute Gasteiger partial charge is 0.191 e. The second-order valence-electron chi connectivity index (χ2n) is 5.74. The predicted octanol–water partition coefficient (Wildman–Crippen LogP) is 2.99. The quantitative estimate of drug-likeness (QED) is 0.434. The predicted molar refractivity (Wildman–Crippen MR) is 101 cm³/mol. The highest BCUT2D eigenvalue weighted by Crippen LogP contribution is 2.34. The molecular formula is C16H23ClIN3O. The Labute approximate surface area is 154 Å². The molecule has 2 bridgehead atoms. The number of rotatable bonds is 4. The third-order valence-corrected chi connectivity index (χ3v) is 4.52. The Hall–Kier alpha value is -0.530. The third-order valence-electron chi connectivity index (χ3n) is 4.27. The SMILES string of the molecule is CN=C(NCCc1ccc(Cl)cc1)NC1CC2CCC1O2.I. The summed E-state index contributed by atoms with van der Waals surface area (Å²) in [7, 11) is 1.81. The molecule has 122 valence electrons. The van der Waals surface area contributed by atoms with Crippen LogP contribution in [0.15, 0.2) is 29.3 Å². The molecule has 2 heterocycles. The molecule has 3 unspecified atom stereocenters. The monoisotopic (exact) mass is 435 g/mol. The summed E-state index contributed by atoms with van der Waals surface area (Å²) in [5.41, 5.74) is 1.27. The summed E-state index contributed by atoms with van der Waals surface area (Å²) in [6.45, 7) is 0.850. The van der Waals surface area contributed by atoms with Crippen LogP contribution in [0.25, 0.3) is 0 Å². The maximum absolute atomic E-state index is 5.89. The fourth-order valence-electron chi connectivity index (χ4n) is 3.14. The minimum absolute atomic E-state index is 0. The second kappa shape index (κ2) is 8.36. The van der Waals surface area contributed by atoms with E-state index in [1.807, 2.05) is 19.2 Å². The van der Waals surface area contributed by atoms with Gasteiger partial charge < -0.3 is 15.4 Å². The Morgan fingerprint density at radius 3 is 2.68 bits per heavy atom. The highest BCUT2D eigenvalue weighted by molar-refractivity contribution is 14.0. The summed E-state index contributed by atoms with van der Waals surface area (Å²) in [6.07, 6.45) is 5.26. The van der Waals surface area contributed by atoms with Crippen LogP contribution in [0.5, 0.6) is 0 Å². The molecule has 1 aromatic carbocycles. The van der Waals surface area contributed by atoms with Gasteiger partial charge in [0.25, 0.3) is 0 Å². The minimum atomic E-state index is 0. The molecule has 2 aliphatic heterocycles. The number of hydrogen-bond acceptors (Lipinski definition) is 2. The molecule has 1 aromatic rings. The molecule has 2 N–H and O–H groups in total. The molecule has 2 fully saturated rings. The summed E-state index contributed by atoms with van der Waals surface area (Å²) in [5.74, 6) is 0.866. The highest BCUT2D eigenvalue weighted by Gasteiger charge is 2.40. The van der Waals surface area contributed by atoms with E-state index in [9.17, 15) is 0 Å². The van der Waals surface area contributed by atoms with Crippen molar-refractivity contribution in [2.24, 2.45) is 4.99 Å². The Morgan fingerprint density at radius 1 is 1.32 bits per heavy atom. The first-order chi connectivity index (χ1) is 10.2. The average molecular weight is 436 g/mol. The van der Waals surface area contributed by atoms with Gasteiger partial charge in [0.2, 0.25) is 0 Å². The van der Waals surface area contributed by atoms with Crippen LogP contribution in [0.2, 0.25) is 5.02 Å². The number of aliphatic imine (C=N–C) groups is 1. The molecule has 4 nitrogen and oxygen atoms in total. The molecule has 0 aliphatic carbocycles. The van der Waals surface area contributed by atoms with E-state index in [4.69, 9.17) is 16.3 Å². The van der Waals surface area contributed by atoms with Crippen molar-refractivity contribution in [1.29, 1.82) is 0 Å². The van der Waals surface area contributed by atoms with Crippen molar-refractivity contribution in [2.45, 2.75) is 43.9 Å². The zero-order valence-electron chi connectivity index (χ0n) is 12.7. The maximum atomic E-state index is 5.89. The zero-order valence-corrected chi connectivity index (χ0v) is 15.8. The van der Waals surface area contributed by atoms with Crippen LogP contribution in [0.4, 0.5) is 0 Å². The lowest BCUT2D eigenvalue weighted by molar-refractivity contribution is 0.0992. The lowest BCUT2D eigenvalue weighted by Gasteiger charge is -2.22. The number of benzene rings is 1. The van der Waals surface area contributed by atoms with E-state index in [0.29, 0.717) is 18.2 Å². The Balaban J connectivity index is 0.00000176. The number of guanidine groups is 1. The highest BCUT2D eigenvalue weighted by atomic mass is 127. The Kier molecular flexibility index (Phi) is 6.77. The standard InChI is InChI=1S/C16H22ClN3O.HI/c1-18-16(20-14-10-13-6-7-15(14)21-13)19-9-8-11-2-4-12(17)5-3-11;/h2-5,13-15H,6-10H2,1H3,(H2,18,19,20);1H. The summed E-state index contributed by atoms with van der Waals surface area (Å²) < 4.78 is 5.86. The second-order valence-corrected chi connectivity index (χ2v) is 6.17. The van der Waals surface area contributed by atoms with Gasteiger partial charge in [0, 0.05) is 18.6 Å². The number of fused-ring (bicyclic) bond motifs is 2. The first-order valence-corrected chi connectivity index (χ1v) is 7.99. The van der Waals surface area contributed by atoms with Crippen molar-refractivity contribution in [2.75, 3.05) is 13.6 Å². The minimum Gasteiger partial charge on any atom is -0.373 e. The van der Waals surface area contributed by atoms with Crippen LogP contribution in [0, 0.1) is 0 Å². The van der Waals surface area contributed by atoms with Crippen LogP contribution in [0.1, 0.15) is 24.8 Å². The molecule has 0 amide bonds. The van der Waals surface area contributed by atoms with E-state index in [2.05, 4.69) is 27.8 Å². The fraction of sp³-hybridized carbons (Fsp3) is 0.562. The van der Waals surface area contributed by atoms with Crippen molar-refractivity contribution < 1.29 is 4.74 Å². The van der Waals surface area contributed by atoms with Gasteiger partial charge in [0.1, 0.15) is 0 Å². The number of ether oxygens (including phenoxy) is 1. The van der Waals surface area contributed by atoms with E-state index in [1.54, 1.807) is 0 Å². The first kappa shape index (κ1) is 17.8. The van der Waals surface area contributed by atoms with Gasteiger partial charge >= 0.3 is 0 Å². The number of nitrogens with one attached hydrogen (secondary N) is 2. The third kappa shape index (κ3) is 4.49. The van der Waals surface area contributed by atoms with Gasteiger partial charge in [-0.25, -0.2) is 0 Å². The molecule has 0 spiro atoms. The Morgan fingerprint density at radius 2 is 2.09 bits per heavy atom. The summed E-state index contributed by atoms with van der Waals surface area (Å²) in [5, 5.41) is 7.63. The first-order valence-electron chi connectivity index (χ1n) is 7.61. The van der Waals surface area contributed by atoms with E-state index in [1.165, 1.54) is 18.4 Å². The number of hydrogen-bond donors (Lipinski definition) is 2. The van der Waals surface area contributed by atoms with Gasteiger partial charge in [-0.05, 0) is 43.4 Å². The molecular weight excluding hydrogens is 413 g/mol. The van der Waals surface area contributed by atoms with Crippen molar-refractivity contribution in [3.63, 3.8) is 0 Å². The van der Waals surface area contributed by atoms with Crippen molar-refractivity contribution in [3.8, 4) is 0 Å². The fourth-order valence-corrected chi connectivity index (χ4v) is 3.26. The van der Waals surface area contributed by atoms with Crippen LogP contribution in [0.3, 0.4) is 0 Å². The van der Waals surface area contributed by atoms with Gasteiger partial charge in [-0.1, -0.05) is 23.7 Å². The number of nitrogens with zero attached hydrogens (tertiary/aromatic N) is 1. The van der Waals surface area contributed by atoms with E-state index in [0.717, 1.165) is 30.4 Å². The van der Waals surface area contributed by atoms with Gasteiger partial charge in [0.05, 0.1) is 18.2 Å². The molecule has 0 radical (unpaired) electrons.